The first-order valence-electron chi connectivity index (χ1n) is 11.2. The Morgan fingerprint density at radius 3 is 2.45 bits per heavy atom. The Morgan fingerprint density at radius 1 is 1.00 bits per heavy atom. The average Bonchev–Trinajstić information content (AvgIpc) is 3.28. The highest BCUT2D eigenvalue weighted by Gasteiger charge is 2.22. The molecule has 2 aliphatic rings. The Labute approximate surface area is 202 Å². The summed E-state index contributed by atoms with van der Waals surface area (Å²) in [5.74, 6) is 2.63. The smallest absolute Gasteiger partial charge is 0.253 e. The number of hydrogen-bond donors (Lipinski definition) is 0. The van der Waals surface area contributed by atoms with Crippen LogP contribution in [0.3, 0.4) is 0 Å². The summed E-state index contributed by atoms with van der Waals surface area (Å²) in [6.45, 7) is 7.28. The van der Waals surface area contributed by atoms with Crippen molar-refractivity contribution in [3.63, 3.8) is 0 Å². The van der Waals surface area contributed by atoms with E-state index in [1.165, 1.54) is 11.1 Å². The van der Waals surface area contributed by atoms with E-state index in [1.54, 1.807) is 23.1 Å². The minimum absolute atomic E-state index is 0.115. The minimum Gasteiger partial charge on any atom is -0.486 e. The number of benzene rings is 2. The van der Waals surface area contributed by atoms with Crippen molar-refractivity contribution in [1.29, 1.82) is 0 Å². The number of hydrogen-bond acceptors (Lipinski definition) is 7. The van der Waals surface area contributed by atoms with Crippen LogP contribution in [0, 0.1) is 6.92 Å². The van der Waals surface area contributed by atoms with Crippen molar-refractivity contribution >= 4 is 29.0 Å². The zero-order valence-corrected chi connectivity index (χ0v) is 20.3. The van der Waals surface area contributed by atoms with Gasteiger partial charge in [0.2, 0.25) is 0 Å². The molecule has 0 radical (unpaired) electrons. The first-order valence-corrected chi connectivity index (χ1v) is 13.0. The standard InChI is InChI=1S/C25H27N3O3S2/c1-18-16-32-25(26-18)33-17-19-2-5-21(6-3-19)24(29)28-10-8-27(9-11-28)15-20-4-7-22-23(14-20)31-13-12-30-22/h2-7,14,16H,8-13,15,17H2,1H3. The van der Waals surface area contributed by atoms with Gasteiger partial charge in [-0.3, -0.25) is 9.69 Å². The van der Waals surface area contributed by atoms with E-state index < -0.39 is 0 Å². The molecule has 0 N–H and O–H groups in total. The summed E-state index contributed by atoms with van der Waals surface area (Å²) in [6.07, 6.45) is 0. The van der Waals surface area contributed by atoms with E-state index in [-0.39, 0.29) is 5.91 Å². The third-order valence-electron chi connectivity index (χ3n) is 5.83. The molecule has 3 heterocycles. The van der Waals surface area contributed by atoms with Crippen LogP contribution in [0.4, 0.5) is 0 Å². The van der Waals surface area contributed by atoms with Gasteiger partial charge in [-0.25, -0.2) is 4.98 Å². The summed E-state index contributed by atoms with van der Waals surface area (Å²) in [5, 5.41) is 2.07. The van der Waals surface area contributed by atoms with Crippen molar-refractivity contribution in [3.8, 4) is 11.5 Å². The SMILES string of the molecule is Cc1csc(SCc2ccc(C(=O)N3CCN(Cc4ccc5c(c4)OCCO5)CC3)cc2)n1. The summed E-state index contributed by atoms with van der Waals surface area (Å²) < 4.78 is 12.4. The molecule has 5 rings (SSSR count). The molecule has 1 amide bonds. The fourth-order valence-corrected chi connectivity index (χ4v) is 5.83. The molecule has 1 saturated heterocycles. The number of aromatic nitrogens is 1. The average molecular weight is 482 g/mol. The predicted octanol–water partition coefficient (Wildman–Crippen LogP) is 4.47. The summed E-state index contributed by atoms with van der Waals surface area (Å²) >= 11 is 3.41. The summed E-state index contributed by atoms with van der Waals surface area (Å²) in [6, 6.07) is 14.2. The van der Waals surface area contributed by atoms with Gasteiger partial charge in [0, 0.05) is 55.1 Å². The molecule has 2 aliphatic heterocycles. The van der Waals surface area contributed by atoms with Gasteiger partial charge in [0.15, 0.2) is 11.5 Å². The van der Waals surface area contributed by atoms with Gasteiger partial charge >= 0.3 is 0 Å². The number of nitrogens with zero attached hydrogens (tertiary/aromatic N) is 3. The van der Waals surface area contributed by atoms with E-state index in [1.807, 2.05) is 30.0 Å². The molecule has 2 aromatic carbocycles. The van der Waals surface area contributed by atoms with Crippen LogP contribution < -0.4 is 9.47 Å². The predicted molar refractivity (Wildman–Crippen MR) is 131 cm³/mol. The Bertz CT molecular complexity index is 1110. The van der Waals surface area contributed by atoms with E-state index in [9.17, 15) is 4.79 Å². The second kappa shape index (κ2) is 10.2. The van der Waals surface area contributed by atoms with Gasteiger partial charge in [-0.05, 0) is 42.3 Å². The quantitative estimate of drug-likeness (QED) is 0.484. The lowest BCUT2D eigenvalue weighted by atomic mass is 10.1. The van der Waals surface area contributed by atoms with Crippen molar-refractivity contribution in [3.05, 3.63) is 70.2 Å². The Hall–Kier alpha value is -2.55. The van der Waals surface area contributed by atoms with Crippen LogP contribution in [-0.2, 0) is 12.3 Å². The lowest BCUT2D eigenvalue weighted by Crippen LogP contribution is -2.48. The number of thioether (sulfide) groups is 1. The van der Waals surface area contributed by atoms with E-state index >= 15 is 0 Å². The Kier molecular flexibility index (Phi) is 6.85. The summed E-state index contributed by atoms with van der Waals surface area (Å²) in [4.78, 5) is 21.8. The van der Waals surface area contributed by atoms with E-state index in [2.05, 4.69) is 39.5 Å². The van der Waals surface area contributed by atoms with Crippen LogP contribution >= 0.6 is 23.1 Å². The minimum atomic E-state index is 0.115. The van der Waals surface area contributed by atoms with Crippen LogP contribution in [0.2, 0.25) is 0 Å². The van der Waals surface area contributed by atoms with Crippen LogP contribution in [0.1, 0.15) is 27.2 Å². The van der Waals surface area contributed by atoms with Gasteiger partial charge in [-0.15, -0.1) is 11.3 Å². The molecule has 8 heteroatoms. The van der Waals surface area contributed by atoms with E-state index in [0.29, 0.717) is 13.2 Å². The first-order chi connectivity index (χ1) is 16.1. The molecule has 1 aromatic heterocycles. The number of amides is 1. The number of piperazine rings is 1. The lowest BCUT2D eigenvalue weighted by Gasteiger charge is -2.35. The van der Waals surface area contributed by atoms with Crippen LogP contribution in [-0.4, -0.2) is 60.1 Å². The van der Waals surface area contributed by atoms with Gasteiger partial charge in [-0.1, -0.05) is 30.0 Å². The highest BCUT2D eigenvalue weighted by atomic mass is 32.2. The highest BCUT2D eigenvalue weighted by Crippen LogP contribution is 2.31. The Balaban J connectivity index is 1.11. The second-order valence-electron chi connectivity index (χ2n) is 8.29. The van der Waals surface area contributed by atoms with Crippen molar-refractivity contribution in [2.45, 2.75) is 23.6 Å². The number of carbonyl (C=O) groups excluding carboxylic acids is 1. The molecule has 0 saturated carbocycles. The highest BCUT2D eigenvalue weighted by molar-refractivity contribution is 8.00. The normalized spacial score (nSPS) is 16.1. The third-order valence-corrected chi connectivity index (χ3v) is 8.04. The number of aryl methyl sites for hydroxylation is 1. The molecule has 3 aromatic rings. The third kappa shape index (κ3) is 5.51. The Morgan fingerprint density at radius 2 is 1.73 bits per heavy atom. The zero-order chi connectivity index (χ0) is 22.6. The first kappa shape index (κ1) is 22.3. The maximum atomic E-state index is 13.0. The maximum absolute atomic E-state index is 13.0. The number of carbonyl (C=O) groups is 1. The van der Waals surface area contributed by atoms with Gasteiger partial charge in [0.1, 0.15) is 17.6 Å². The van der Waals surface area contributed by atoms with Gasteiger partial charge < -0.3 is 14.4 Å². The monoisotopic (exact) mass is 481 g/mol. The van der Waals surface area contributed by atoms with Crippen molar-refractivity contribution in [2.75, 3.05) is 39.4 Å². The molecule has 0 bridgehead atoms. The van der Waals surface area contributed by atoms with Crippen molar-refractivity contribution in [1.82, 2.24) is 14.8 Å². The molecule has 33 heavy (non-hydrogen) atoms. The maximum Gasteiger partial charge on any atom is 0.253 e. The van der Waals surface area contributed by atoms with Gasteiger partial charge in [0.25, 0.3) is 5.91 Å². The largest absolute Gasteiger partial charge is 0.486 e. The number of fused-ring (bicyclic) bond motifs is 1. The van der Waals surface area contributed by atoms with Crippen LogP contribution in [0.15, 0.2) is 52.2 Å². The second-order valence-corrected chi connectivity index (χ2v) is 10.4. The van der Waals surface area contributed by atoms with Gasteiger partial charge in [-0.2, -0.15) is 0 Å². The fourth-order valence-electron chi connectivity index (χ4n) is 4.02. The van der Waals surface area contributed by atoms with Gasteiger partial charge in [0.05, 0.1) is 0 Å². The summed E-state index contributed by atoms with van der Waals surface area (Å²) in [5.41, 5.74) is 4.23. The number of rotatable bonds is 6. The van der Waals surface area contributed by atoms with Crippen LogP contribution in [0.25, 0.3) is 0 Å². The molecule has 0 spiro atoms. The molecular weight excluding hydrogens is 454 g/mol. The lowest BCUT2D eigenvalue weighted by molar-refractivity contribution is 0.0628. The molecule has 6 nitrogen and oxygen atoms in total. The van der Waals surface area contributed by atoms with E-state index in [0.717, 1.165) is 65.6 Å². The fraction of sp³-hybridized carbons (Fsp3) is 0.360. The van der Waals surface area contributed by atoms with Crippen LogP contribution in [0.5, 0.6) is 11.5 Å². The number of thiazole rings is 1. The molecule has 0 atom stereocenters. The molecule has 0 unspecified atom stereocenters. The molecule has 172 valence electrons. The number of ether oxygens (including phenoxy) is 2. The molecular formula is C25H27N3O3S2. The molecule has 0 aliphatic carbocycles. The summed E-state index contributed by atoms with van der Waals surface area (Å²) in [7, 11) is 0. The topological polar surface area (TPSA) is 54.9 Å². The van der Waals surface area contributed by atoms with Crippen molar-refractivity contribution < 1.29 is 14.3 Å². The van der Waals surface area contributed by atoms with Crippen molar-refractivity contribution in [2.24, 2.45) is 0 Å². The zero-order valence-electron chi connectivity index (χ0n) is 18.7. The van der Waals surface area contributed by atoms with E-state index in [4.69, 9.17) is 9.47 Å². The molecule has 1 fully saturated rings.